The van der Waals surface area contributed by atoms with Gasteiger partial charge in [0.1, 0.15) is 5.82 Å². The first-order valence-corrected chi connectivity index (χ1v) is 9.43. The van der Waals surface area contributed by atoms with Crippen LogP contribution in [0.5, 0.6) is 0 Å². The van der Waals surface area contributed by atoms with Crippen molar-refractivity contribution in [2.75, 3.05) is 31.9 Å². The summed E-state index contributed by atoms with van der Waals surface area (Å²) in [5, 5.41) is 0. The van der Waals surface area contributed by atoms with E-state index in [1.165, 1.54) is 12.1 Å². The lowest BCUT2D eigenvalue weighted by Gasteiger charge is -2.28. The van der Waals surface area contributed by atoms with Crippen molar-refractivity contribution in [3.63, 3.8) is 0 Å². The average molecular weight is 371 g/mol. The molecule has 6 nitrogen and oxygen atoms in total. The van der Waals surface area contributed by atoms with Gasteiger partial charge in [-0.2, -0.15) is 0 Å². The average Bonchev–Trinajstić information content (AvgIpc) is 3.10. The number of nitrogen functional groups attached to an aromatic ring is 1. The number of hydrogen-bond acceptors (Lipinski definition) is 5. The highest BCUT2D eigenvalue weighted by molar-refractivity contribution is 5.78. The summed E-state index contributed by atoms with van der Waals surface area (Å²) in [7, 11) is 0. The summed E-state index contributed by atoms with van der Waals surface area (Å²) in [6.45, 7) is 6.53. The number of anilines is 1. The SMILES string of the molecule is CCN(CC)C(=O)CN1CCCC1c1nc(N)ncc1-c1cccc(F)c1. The van der Waals surface area contributed by atoms with E-state index in [0.717, 1.165) is 30.6 Å². The molecule has 1 aromatic carbocycles. The van der Waals surface area contributed by atoms with Crippen LogP contribution in [0.25, 0.3) is 11.1 Å². The summed E-state index contributed by atoms with van der Waals surface area (Å²) in [5.41, 5.74) is 8.09. The van der Waals surface area contributed by atoms with Crippen molar-refractivity contribution in [1.82, 2.24) is 19.8 Å². The number of nitrogens with zero attached hydrogens (tertiary/aromatic N) is 4. The van der Waals surface area contributed by atoms with E-state index < -0.39 is 0 Å². The second-order valence-electron chi connectivity index (χ2n) is 6.73. The largest absolute Gasteiger partial charge is 0.368 e. The van der Waals surface area contributed by atoms with Crippen LogP contribution in [-0.4, -0.2) is 51.9 Å². The lowest BCUT2D eigenvalue weighted by molar-refractivity contribution is -0.132. The van der Waals surface area contributed by atoms with E-state index in [9.17, 15) is 9.18 Å². The Morgan fingerprint density at radius 2 is 2.15 bits per heavy atom. The monoisotopic (exact) mass is 371 g/mol. The molecule has 144 valence electrons. The molecule has 1 unspecified atom stereocenters. The van der Waals surface area contributed by atoms with Crippen LogP contribution in [0.4, 0.5) is 10.3 Å². The molecule has 7 heteroatoms. The van der Waals surface area contributed by atoms with Gasteiger partial charge < -0.3 is 10.6 Å². The van der Waals surface area contributed by atoms with Gasteiger partial charge in [-0.3, -0.25) is 9.69 Å². The first kappa shape index (κ1) is 19.2. The maximum absolute atomic E-state index is 13.7. The third-order valence-corrected chi connectivity index (χ3v) is 5.11. The van der Waals surface area contributed by atoms with E-state index in [-0.39, 0.29) is 23.7 Å². The Balaban J connectivity index is 1.92. The fraction of sp³-hybridized carbons (Fsp3) is 0.450. The van der Waals surface area contributed by atoms with Crippen molar-refractivity contribution < 1.29 is 9.18 Å². The number of carbonyl (C=O) groups excluding carboxylic acids is 1. The van der Waals surface area contributed by atoms with Gasteiger partial charge in [0.2, 0.25) is 11.9 Å². The Morgan fingerprint density at radius 3 is 2.85 bits per heavy atom. The summed E-state index contributed by atoms with van der Waals surface area (Å²) >= 11 is 0. The normalized spacial score (nSPS) is 17.2. The predicted octanol–water partition coefficient (Wildman–Crippen LogP) is 2.87. The number of rotatable bonds is 6. The van der Waals surface area contributed by atoms with E-state index in [1.807, 2.05) is 24.8 Å². The Morgan fingerprint density at radius 1 is 1.37 bits per heavy atom. The van der Waals surface area contributed by atoms with Crippen molar-refractivity contribution >= 4 is 11.9 Å². The number of amides is 1. The van der Waals surface area contributed by atoms with Crippen molar-refractivity contribution in [3.8, 4) is 11.1 Å². The van der Waals surface area contributed by atoms with Crippen LogP contribution in [0, 0.1) is 5.82 Å². The van der Waals surface area contributed by atoms with Crippen LogP contribution >= 0.6 is 0 Å². The molecular formula is C20H26FN5O. The number of nitrogens with two attached hydrogens (primary N) is 1. The number of likely N-dealkylation sites (N-methyl/N-ethyl adjacent to an activating group) is 1. The molecule has 1 saturated heterocycles. The number of halogens is 1. The fourth-order valence-corrected chi connectivity index (χ4v) is 3.72. The van der Waals surface area contributed by atoms with E-state index in [2.05, 4.69) is 14.9 Å². The van der Waals surface area contributed by atoms with E-state index >= 15 is 0 Å². The minimum atomic E-state index is -0.310. The maximum atomic E-state index is 13.7. The van der Waals surface area contributed by atoms with Gasteiger partial charge in [0.05, 0.1) is 18.3 Å². The highest BCUT2D eigenvalue weighted by Gasteiger charge is 2.31. The lowest BCUT2D eigenvalue weighted by atomic mass is 9.99. The van der Waals surface area contributed by atoms with Gasteiger partial charge in [0, 0.05) is 24.8 Å². The van der Waals surface area contributed by atoms with E-state index in [4.69, 9.17) is 5.73 Å². The molecule has 3 rings (SSSR count). The number of benzene rings is 1. The molecule has 1 amide bonds. The molecule has 1 aliphatic heterocycles. The van der Waals surface area contributed by atoms with Crippen LogP contribution in [-0.2, 0) is 4.79 Å². The van der Waals surface area contributed by atoms with Crippen LogP contribution in [0.15, 0.2) is 30.5 Å². The Hall–Kier alpha value is -2.54. The summed E-state index contributed by atoms with van der Waals surface area (Å²) in [4.78, 5) is 25.1. The standard InChI is InChI=1S/C20H26FN5O/c1-3-25(4-2)18(27)13-26-10-6-9-17(26)19-16(12-23-20(22)24-19)14-7-5-8-15(21)11-14/h5,7-8,11-12,17H,3-4,6,9-10,13H2,1-2H3,(H2,22,23,24). The summed E-state index contributed by atoms with van der Waals surface area (Å²) in [6, 6.07) is 6.35. The van der Waals surface area contributed by atoms with Crippen molar-refractivity contribution in [2.45, 2.75) is 32.7 Å². The highest BCUT2D eigenvalue weighted by Crippen LogP contribution is 2.36. The molecule has 0 bridgehead atoms. The zero-order valence-corrected chi connectivity index (χ0v) is 15.9. The first-order valence-electron chi connectivity index (χ1n) is 9.43. The molecular weight excluding hydrogens is 345 g/mol. The third-order valence-electron chi connectivity index (χ3n) is 5.11. The highest BCUT2D eigenvalue weighted by atomic mass is 19.1. The van der Waals surface area contributed by atoms with Crippen LogP contribution < -0.4 is 5.73 Å². The zero-order chi connectivity index (χ0) is 19.4. The molecule has 1 aromatic heterocycles. The summed E-state index contributed by atoms with van der Waals surface area (Å²) in [6.07, 6.45) is 3.50. The molecule has 27 heavy (non-hydrogen) atoms. The second-order valence-corrected chi connectivity index (χ2v) is 6.73. The van der Waals surface area contributed by atoms with Gasteiger partial charge >= 0.3 is 0 Å². The first-order chi connectivity index (χ1) is 13.0. The molecule has 1 fully saturated rings. The van der Waals surface area contributed by atoms with Gasteiger partial charge in [0.15, 0.2) is 0 Å². The summed E-state index contributed by atoms with van der Waals surface area (Å²) in [5.74, 6) is -0.0106. The predicted molar refractivity (Wildman–Crippen MR) is 103 cm³/mol. The topological polar surface area (TPSA) is 75.4 Å². The Labute approximate surface area is 159 Å². The molecule has 0 saturated carbocycles. The lowest BCUT2D eigenvalue weighted by Crippen LogP contribution is -2.40. The van der Waals surface area contributed by atoms with Crippen molar-refractivity contribution in [3.05, 3.63) is 42.0 Å². The van der Waals surface area contributed by atoms with Crippen molar-refractivity contribution in [1.29, 1.82) is 0 Å². The van der Waals surface area contributed by atoms with Gasteiger partial charge in [-0.15, -0.1) is 0 Å². The Bertz CT molecular complexity index is 809. The maximum Gasteiger partial charge on any atom is 0.236 e. The minimum absolute atomic E-state index is 0.0342. The smallest absolute Gasteiger partial charge is 0.236 e. The second kappa shape index (κ2) is 8.43. The van der Waals surface area contributed by atoms with Gasteiger partial charge in [-0.1, -0.05) is 12.1 Å². The van der Waals surface area contributed by atoms with Crippen molar-refractivity contribution in [2.24, 2.45) is 0 Å². The zero-order valence-electron chi connectivity index (χ0n) is 15.9. The molecule has 1 aliphatic rings. The van der Waals surface area contributed by atoms with E-state index in [1.54, 1.807) is 12.3 Å². The van der Waals surface area contributed by atoms with Crippen LogP contribution in [0.3, 0.4) is 0 Å². The number of likely N-dealkylation sites (tertiary alicyclic amines) is 1. The van der Waals surface area contributed by atoms with Gasteiger partial charge in [-0.25, -0.2) is 14.4 Å². The van der Waals surface area contributed by atoms with E-state index in [0.29, 0.717) is 25.2 Å². The number of carbonyl (C=O) groups is 1. The van der Waals surface area contributed by atoms with Gasteiger partial charge in [0.25, 0.3) is 0 Å². The quantitative estimate of drug-likeness (QED) is 0.845. The molecule has 2 aromatic rings. The molecule has 2 N–H and O–H groups in total. The minimum Gasteiger partial charge on any atom is -0.368 e. The van der Waals surface area contributed by atoms with Crippen LogP contribution in [0.2, 0.25) is 0 Å². The molecule has 1 atom stereocenters. The van der Waals surface area contributed by atoms with Gasteiger partial charge in [-0.05, 0) is 50.9 Å². The molecule has 0 spiro atoms. The fourth-order valence-electron chi connectivity index (χ4n) is 3.72. The molecule has 0 aliphatic carbocycles. The molecule has 0 radical (unpaired) electrons. The molecule has 2 heterocycles. The number of aromatic nitrogens is 2. The Kier molecular flexibility index (Phi) is 6.01. The summed E-state index contributed by atoms with van der Waals surface area (Å²) < 4.78 is 13.7. The third kappa shape index (κ3) is 4.24. The van der Waals surface area contributed by atoms with Crippen LogP contribution in [0.1, 0.15) is 38.4 Å². The number of hydrogen-bond donors (Lipinski definition) is 1.